The van der Waals surface area contributed by atoms with E-state index in [0.29, 0.717) is 13.0 Å². The summed E-state index contributed by atoms with van der Waals surface area (Å²) in [5.41, 5.74) is 3.67. The summed E-state index contributed by atoms with van der Waals surface area (Å²) in [6, 6.07) is 15.2. The van der Waals surface area contributed by atoms with Gasteiger partial charge in [-0.2, -0.15) is 0 Å². The van der Waals surface area contributed by atoms with Gasteiger partial charge in [0, 0.05) is 35.6 Å². The van der Waals surface area contributed by atoms with Crippen molar-refractivity contribution in [3.05, 3.63) is 71.7 Å². The van der Waals surface area contributed by atoms with Crippen LogP contribution in [0.3, 0.4) is 0 Å². The number of aromatic nitrogens is 1. The van der Waals surface area contributed by atoms with E-state index in [-0.39, 0.29) is 17.3 Å². The molecule has 4 aliphatic rings. The van der Waals surface area contributed by atoms with E-state index in [0.717, 1.165) is 36.2 Å². The molecule has 4 bridgehead atoms. The number of carbonyl (C=O) groups excluding carboxylic acids is 1. The van der Waals surface area contributed by atoms with Crippen molar-refractivity contribution in [3.8, 4) is 0 Å². The van der Waals surface area contributed by atoms with E-state index < -0.39 is 0 Å². The van der Waals surface area contributed by atoms with Crippen LogP contribution in [0.2, 0.25) is 0 Å². The Bertz CT molecular complexity index is 1130. The highest BCUT2D eigenvalue weighted by Crippen LogP contribution is 2.55. The lowest BCUT2D eigenvalue weighted by Crippen LogP contribution is -2.59. The number of rotatable bonds is 7. The molecule has 1 amide bonds. The standard InChI is InChI=1S/C29H33FN2O/c30-25-10-8-20(9-11-25)18-32-19-24(26-5-1-2-6-27(26)32)4-3-7-28(33)31-29-15-21-12-22(16-29)14-23(13-21)17-29/h1-2,5-6,8-11,19,21-23H,3-4,7,12-18H2,(H,31,33). The molecule has 1 aromatic heterocycles. The Morgan fingerprint density at radius 2 is 1.64 bits per heavy atom. The third-order valence-electron chi connectivity index (χ3n) is 8.43. The normalized spacial score (nSPS) is 27.8. The molecule has 4 heteroatoms. The lowest BCUT2D eigenvalue weighted by molar-refractivity contribution is -0.126. The van der Waals surface area contributed by atoms with Crippen molar-refractivity contribution in [2.24, 2.45) is 17.8 Å². The third-order valence-corrected chi connectivity index (χ3v) is 8.43. The lowest BCUT2D eigenvalue weighted by atomic mass is 9.53. The van der Waals surface area contributed by atoms with Crippen molar-refractivity contribution in [3.63, 3.8) is 0 Å². The molecule has 4 aliphatic carbocycles. The molecule has 33 heavy (non-hydrogen) atoms. The van der Waals surface area contributed by atoms with Crippen molar-refractivity contribution in [2.75, 3.05) is 0 Å². The maximum atomic E-state index is 13.3. The molecule has 3 aromatic rings. The van der Waals surface area contributed by atoms with Crippen LogP contribution in [0.4, 0.5) is 4.39 Å². The second-order valence-corrected chi connectivity index (χ2v) is 11.0. The van der Waals surface area contributed by atoms with Crippen LogP contribution >= 0.6 is 0 Å². The zero-order valence-electron chi connectivity index (χ0n) is 19.2. The number of para-hydroxylation sites is 1. The van der Waals surface area contributed by atoms with Gasteiger partial charge in [0.05, 0.1) is 0 Å². The average Bonchev–Trinajstić information content (AvgIpc) is 3.11. The predicted octanol–water partition coefficient (Wildman–Crippen LogP) is 6.24. The van der Waals surface area contributed by atoms with Gasteiger partial charge in [-0.3, -0.25) is 4.79 Å². The Morgan fingerprint density at radius 1 is 0.970 bits per heavy atom. The van der Waals surface area contributed by atoms with Gasteiger partial charge < -0.3 is 9.88 Å². The van der Waals surface area contributed by atoms with Crippen molar-refractivity contribution in [1.82, 2.24) is 9.88 Å². The predicted molar refractivity (Wildman–Crippen MR) is 129 cm³/mol. The third kappa shape index (κ3) is 4.20. The topological polar surface area (TPSA) is 34.0 Å². The van der Waals surface area contributed by atoms with Gasteiger partial charge in [0.2, 0.25) is 5.91 Å². The van der Waals surface area contributed by atoms with Crippen molar-refractivity contribution >= 4 is 16.8 Å². The van der Waals surface area contributed by atoms with Crippen molar-refractivity contribution in [1.29, 1.82) is 0 Å². The fourth-order valence-corrected chi connectivity index (χ4v) is 7.50. The first-order valence-corrected chi connectivity index (χ1v) is 12.7. The fourth-order valence-electron chi connectivity index (χ4n) is 7.50. The minimum atomic E-state index is -0.205. The first-order chi connectivity index (χ1) is 16.1. The van der Waals surface area contributed by atoms with E-state index in [4.69, 9.17) is 0 Å². The highest BCUT2D eigenvalue weighted by molar-refractivity contribution is 5.84. The molecular formula is C29H33FN2O. The van der Waals surface area contributed by atoms with Gasteiger partial charge in [-0.25, -0.2) is 4.39 Å². The summed E-state index contributed by atoms with van der Waals surface area (Å²) in [5.74, 6) is 2.59. The molecule has 0 spiro atoms. The molecular weight excluding hydrogens is 411 g/mol. The van der Waals surface area contributed by atoms with Crippen molar-refractivity contribution < 1.29 is 9.18 Å². The van der Waals surface area contributed by atoms with Crippen LogP contribution in [0.1, 0.15) is 62.5 Å². The summed E-state index contributed by atoms with van der Waals surface area (Å²) in [6.07, 6.45) is 12.4. The molecule has 4 fully saturated rings. The number of aryl methyl sites for hydroxylation is 1. The van der Waals surface area contributed by atoms with Gasteiger partial charge in [0.1, 0.15) is 5.82 Å². The summed E-state index contributed by atoms with van der Waals surface area (Å²) >= 11 is 0. The Morgan fingerprint density at radius 3 is 2.33 bits per heavy atom. The second kappa shape index (κ2) is 8.30. The number of halogens is 1. The van der Waals surface area contributed by atoms with Crippen LogP contribution < -0.4 is 5.32 Å². The molecule has 0 saturated heterocycles. The smallest absolute Gasteiger partial charge is 0.220 e. The molecule has 3 nitrogen and oxygen atoms in total. The number of hydrogen-bond donors (Lipinski definition) is 1. The molecule has 0 radical (unpaired) electrons. The molecule has 0 unspecified atom stereocenters. The molecule has 1 heterocycles. The molecule has 172 valence electrons. The summed E-state index contributed by atoms with van der Waals surface area (Å²) < 4.78 is 15.5. The fraction of sp³-hybridized carbons (Fsp3) is 0.483. The van der Waals surface area contributed by atoms with Crippen molar-refractivity contribution in [2.45, 2.75) is 69.9 Å². The number of nitrogens with one attached hydrogen (secondary N) is 1. The maximum absolute atomic E-state index is 13.3. The number of amides is 1. The van der Waals surface area contributed by atoms with Crippen LogP contribution in [0.15, 0.2) is 54.7 Å². The number of nitrogens with zero attached hydrogens (tertiary/aromatic N) is 1. The summed E-state index contributed by atoms with van der Waals surface area (Å²) in [5, 5.41) is 4.77. The van der Waals surface area contributed by atoms with E-state index in [9.17, 15) is 9.18 Å². The largest absolute Gasteiger partial charge is 0.351 e. The van der Waals surface area contributed by atoms with Crippen LogP contribution in [0.25, 0.3) is 10.9 Å². The molecule has 7 rings (SSSR count). The summed E-state index contributed by atoms with van der Waals surface area (Å²) in [7, 11) is 0. The first kappa shape index (κ1) is 20.9. The summed E-state index contributed by atoms with van der Waals surface area (Å²) in [4.78, 5) is 12.9. The highest BCUT2D eigenvalue weighted by Gasteiger charge is 2.51. The summed E-state index contributed by atoms with van der Waals surface area (Å²) in [6.45, 7) is 0.716. The number of hydrogen-bond acceptors (Lipinski definition) is 1. The molecule has 4 saturated carbocycles. The Labute approximate surface area is 195 Å². The maximum Gasteiger partial charge on any atom is 0.220 e. The van der Waals surface area contributed by atoms with E-state index in [2.05, 4.69) is 40.3 Å². The lowest BCUT2D eigenvalue weighted by Gasteiger charge is -2.56. The number of carbonyl (C=O) groups is 1. The van der Waals surface area contributed by atoms with Gasteiger partial charge in [0.15, 0.2) is 0 Å². The monoisotopic (exact) mass is 444 g/mol. The van der Waals surface area contributed by atoms with E-state index in [1.165, 1.54) is 67.1 Å². The molecule has 0 atom stereocenters. The van der Waals surface area contributed by atoms with Gasteiger partial charge in [-0.05, 0) is 98.4 Å². The van der Waals surface area contributed by atoms with Gasteiger partial charge in [-0.1, -0.05) is 30.3 Å². The van der Waals surface area contributed by atoms with Crippen LogP contribution in [-0.4, -0.2) is 16.0 Å². The number of benzene rings is 2. The minimum Gasteiger partial charge on any atom is -0.351 e. The Balaban J connectivity index is 1.10. The van der Waals surface area contributed by atoms with E-state index in [1.807, 2.05) is 12.1 Å². The quantitative estimate of drug-likeness (QED) is 0.460. The van der Waals surface area contributed by atoms with Crippen LogP contribution in [0.5, 0.6) is 0 Å². The van der Waals surface area contributed by atoms with Gasteiger partial charge in [0.25, 0.3) is 0 Å². The second-order valence-electron chi connectivity index (χ2n) is 11.0. The SMILES string of the molecule is O=C(CCCc1cn(Cc2ccc(F)cc2)c2ccccc12)NC12CC3CC(CC(C3)C1)C2. The van der Waals surface area contributed by atoms with E-state index in [1.54, 1.807) is 0 Å². The Kier molecular flexibility index (Phi) is 5.27. The zero-order valence-corrected chi connectivity index (χ0v) is 19.2. The minimum absolute atomic E-state index is 0.108. The van der Waals surface area contributed by atoms with Gasteiger partial charge in [-0.15, -0.1) is 0 Å². The molecule has 1 N–H and O–H groups in total. The van der Waals surface area contributed by atoms with Gasteiger partial charge >= 0.3 is 0 Å². The first-order valence-electron chi connectivity index (χ1n) is 12.7. The Hall–Kier alpha value is -2.62. The zero-order chi connectivity index (χ0) is 22.4. The van der Waals surface area contributed by atoms with Crippen LogP contribution in [-0.2, 0) is 17.8 Å². The highest BCUT2D eigenvalue weighted by atomic mass is 19.1. The molecule has 2 aromatic carbocycles. The molecule has 0 aliphatic heterocycles. The number of fused-ring (bicyclic) bond motifs is 1. The average molecular weight is 445 g/mol. The van der Waals surface area contributed by atoms with E-state index >= 15 is 0 Å². The van der Waals surface area contributed by atoms with Crippen LogP contribution in [0, 0.1) is 23.6 Å².